The molecule has 1 heterocycles. The van der Waals surface area contributed by atoms with Crippen molar-refractivity contribution in [2.75, 3.05) is 25.2 Å². The molecule has 2 N–H and O–H groups in total. The van der Waals surface area contributed by atoms with Crippen LogP contribution >= 0.6 is 0 Å². The van der Waals surface area contributed by atoms with E-state index in [2.05, 4.69) is 10.6 Å². The summed E-state index contributed by atoms with van der Waals surface area (Å²) in [6.07, 6.45) is 2.67. The molecule has 0 atom stereocenters. The molecule has 1 aliphatic carbocycles. The third-order valence-electron chi connectivity index (χ3n) is 2.84. The Morgan fingerprint density at radius 1 is 1.12 bits per heavy atom. The Kier molecular flexibility index (Phi) is 2.58. The molecule has 0 saturated heterocycles. The van der Waals surface area contributed by atoms with Crippen LogP contribution in [0.4, 0.5) is 5.69 Å². The van der Waals surface area contributed by atoms with E-state index in [1.165, 1.54) is 12.8 Å². The van der Waals surface area contributed by atoms with Gasteiger partial charge in [0.2, 0.25) is 6.79 Å². The summed E-state index contributed by atoms with van der Waals surface area (Å²) in [4.78, 5) is 0. The van der Waals surface area contributed by atoms with Crippen molar-refractivity contribution in [3.8, 4) is 11.5 Å². The van der Waals surface area contributed by atoms with Gasteiger partial charge in [-0.2, -0.15) is 0 Å². The van der Waals surface area contributed by atoms with Gasteiger partial charge in [-0.15, -0.1) is 0 Å². The van der Waals surface area contributed by atoms with Gasteiger partial charge < -0.3 is 20.1 Å². The fourth-order valence-electron chi connectivity index (χ4n) is 1.78. The summed E-state index contributed by atoms with van der Waals surface area (Å²) in [6.45, 7) is 2.29. The Hall–Kier alpha value is -1.42. The molecule has 0 radical (unpaired) electrons. The molecule has 0 spiro atoms. The number of nitrogens with one attached hydrogen (secondary N) is 2. The molecular weight excluding hydrogens is 204 g/mol. The van der Waals surface area contributed by atoms with Crippen LogP contribution < -0.4 is 20.1 Å². The van der Waals surface area contributed by atoms with Crippen molar-refractivity contribution in [1.82, 2.24) is 5.32 Å². The minimum Gasteiger partial charge on any atom is -0.454 e. The van der Waals surface area contributed by atoms with Gasteiger partial charge in [0.05, 0.1) is 0 Å². The van der Waals surface area contributed by atoms with E-state index in [4.69, 9.17) is 9.47 Å². The lowest BCUT2D eigenvalue weighted by molar-refractivity contribution is 0.174. The van der Waals surface area contributed by atoms with Crippen molar-refractivity contribution in [2.24, 2.45) is 0 Å². The van der Waals surface area contributed by atoms with Gasteiger partial charge in [-0.25, -0.2) is 0 Å². The molecule has 1 aromatic carbocycles. The first kappa shape index (κ1) is 9.78. The number of ether oxygens (including phenoxy) is 2. The highest BCUT2D eigenvalue weighted by atomic mass is 16.7. The van der Waals surface area contributed by atoms with Crippen molar-refractivity contribution in [3.05, 3.63) is 18.2 Å². The largest absolute Gasteiger partial charge is 0.454 e. The maximum Gasteiger partial charge on any atom is 0.231 e. The molecule has 0 amide bonds. The monoisotopic (exact) mass is 220 g/mol. The highest BCUT2D eigenvalue weighted by Gasteiger charge is 2.19. The first-order valence-corrected chi connectivity index (χ1v) is 5.79. The van der Waals surface area contributed by atoms with Gasteiger partial charge in [-0.1, -0.05) is 0 Å². The predicted octanol–water partition coefficient (Wildman–Crippen LogP) is 1.58. The number of anilines is 1. The zero-order valence-electron chi connectivity index (χ0n) is 9.16. The standard InChI is InChI=1S/C12H16N2O2/c1-2-9(1)13-5-6-14-10-3-4-11-12(7-10)16-8-15-11/h3-4,7,9,13-14H,1-2,5-6,8H2. The fraction of sp³-hybridized carbons (Fsp3) is 0.500. The van der Waals surface area contributed by atoms with E-state index in [1.807, 2.05) is 18.2 Å². The van der Waals surface area contributed by atoms with E-state index >= 15 is 0 Å². The van der Waals surface area contributed by atoms with E-state index in [1.54, 1.807) is 0 Å². The molecule has 16 heavy (non-hydrogen) atoms. The predicted molar refractivity (Wildman–Crippen MR) is 62.1 cm³/mol. The van der Waals surface area contributed by atoms with E-state index in [0.29, 0.717) is 6.79 Å². The summed E-state index contributed by atoms with van der Waals surface area (Å²) in [5.41, 5.74) is 1.09. The minimum atomic E-state index is 0.335. The fourth-order valence-corrected chi connectivity index (χ4v) is 1.78. The summed E-state index contributed by atoms with van der Waals surface area (Å²) in [5, 5.41) is 6.82. The van der Waals surface area contributed by atoms with Crippen molar-refractivity contribution in [2.45, 2.75) is 18.9 Å². The molecule has 1 fully saturated rings. The zero-order chi connectivity index (χ0) is 10.8. The number of hydrogen-bond acceptors (Lipinski definition) is 4. The summed E-state index contributed by atoms with van der Waals surface area (Å²) < 4.78 is 10.6. The van der Waals surface area contributed by atoms with Gasteiger partial charge in [0, 0.05) is 30.9 Å². The Balaban J connectivity index is 1.49. The average Bonchev–Trinajstić information content (AvgIpc) is 3.01. The van der Waals surface area contributed by atoms with Gasteiger partial charge in [0.25, 0.3) is 0 Å². The molecule has 86 valence electrons. The van der Waals surface area contributed by atoms with E-state index < -0.39 is 0 Å². The van der Waals surface area contributed by atoms with Crippen LogP contribution in [0.15, 0.2) is 18.2 Å². The van der Waals surface area contributed by atoms with Crippen molar-refractivity contribution in [3.63, 3.8) is 0 Å². The second-order valence-electron chi connectivity index (χ2n) is 4.22. The summed E-state index contributed by atoms with van der Waals surface area (Å²) in [7, 11) is 0. The molecule has 0 unspecified atom stereocenters. The first-order valence-electron chi connectivity index (χ1n) is 5.79. The maximum absolute atomic E-state index is 5.32. The van der Waals surface area contributed by atoms with Crippen LogP contribution in [0, 0.1) is 0 Å². The molecule has 1 aromatic rings. The lowest BCUT2D eigenvalue weighted by Crippen LogP contribution is -2.23. The highest BCUT2D eigenvalue weighted by molar-refractivity contribution is 5.55. The second kappa shape index (κ2) is 4.22. The van der Waals surface area contributed by atoms with Crippen LogP contribution in [0.2, 0.25) is 0 Å². The van der Waals surface area contributed by atoms with Crippen LogP contribution in [-0.2, 0) is 0 Å². The van der Waals surface area contributed by atoms with E-state index in [9.17, 15) is 0 Å². The lowest BCUT2D eigenvalue weighted by atomic mass is 10.3. The zero-order valence-corrected chi connectivity index (χ0v) is 9.16. The van der Waals surface area contributed by atoms with Crippen molar-refractivity contribution in [1.29, 1.82) is 0 Å². The van der Waals surface area contributed by atoms with Crippen LogP contribution in [0.5, 0.6) is 11.5 Å². The van der Waals surface area contributed by atoms with Gasteiger partial charge in [-0.3, -0.25) is 0 Å². The van der Waals surface area contributed by atoms with Crippen LogP contribution in [0.25, 0.3) is 0 Å². The van der Waals surface area contributed by atoms with Gasteiger partial charge in [0.1, 0.15) is 0 Å². The van der Waals surface area contributed by atoms with E-state index in [-0.39, 0.29) is 0 Å². The highest BCUT2D eigenvalue weighted by Crippen LogP contribution is 2.34. The smallest absolute Gasteiger partial charge is 0.231 e. The molecule has 1 aliphatic heterocycles. The van der Waals surface area contributed by atoms with Crippen molar-refractivity contribution >= 4 is 5.69 Å². The van der Waals surface area contributed by atoms with Gasteiger partial charge >= 0.3 is 0 Å². The third-order valence-corrected chi connectivity index (χ3v) is 2.84. The summed E-state index contributed by atoms with van der Waals surface area (Å²) >= 11 is 0. The number of benzene rings is 1. The summed E-state index contributed by atoms with van der Waals surface area (Å²) in [5.74, 6) is 1.67. The Morgan fingerprint density at radius 2 is 2.00 bits per heavy atom. The Labute approximate surface area is 94.9 Å². The molecule has 4 heteroatoms. The van der Waals surface area contributed by atoms with Gasteiger partial charge in [-0.05, 0) is 25.0 Å². The SMILES string of the molecule is c1cc2c(cc1NCCNC1CC1)OCO2. The second-order valence-corrected chi connectivity index (χ2v) is 4.22. The van der Waals surface area contributed by atoms with Crippen molar-refractivity contribution < 1.29 is 9.47 Å². The number of rotatable bonds is 5. The molecular formula is C12H16N2O2. The van der Waals surface area contributed by atoms with Crippen LogP contribution in [-0.4, -0.2) is 25.9 Å². The Morgan fingerprint density at radius 3 is 2.88 bits per heavy atom. The minimum absolute atomic E-state index is 0.335. The molecule has 1 saturated carbocycles. The van der Waals surface area contributed by atoms with Gasteiger partial charge in [0.15, 0.2) is 11.5 Å². The Bertz CT molecular complexity index is 377. The summed E-state index contributed by atoms with van der Waals surface area (Å²) in [6, 6.07) is 6.72. The third kappa shape index (κ3) is 2.22. The number of fused-ring (bicyclic) bond motifs is 1. The first-order chi connectivity index (χ1) is 7.92. The molecule has 4 nitrogen and oxygen atoms in total. The maximum atomic E-state index is 5.32. The van der Waals surface area contributed by atoms with Crippen LogP contribution in [0.1, 0.15) is 12.8 Å². The number of hydrogen-bond donors (Lipinski definition) is 2. The van der Waals surface area contributed by atoms with E-state index in [0.717, 1.165) is 36.3 Å². The average molecular weight is 220 g/mol. The lowest BCUT2D eigenvalue weighted by Gasteiger charge is -2.07. The normalized spacial score (nSPS) is 17.5. The molecule has 0 aromatic heterocycles. The molecule has 2 aliphatic rings. The quantitative estimate of drug-likeness (QED) is 0.739. The molecule has 3 rings (SSSR count). The van der Waals surface area contributed by atoms with Crippen LogP contribution in [0.3, 0.4) is 0 Å². The molecule has 0 bridgehead atoms. The topological polar surface area (TPSA) is 42.5 Å².